The number of fused-ring (bicyclic) bond motifs is 7. The number of benzene rings is 10. The second kappa shape index (κ2) is 11.8. The van der Waals surface area contributed by atoms with Gasteiger partial charge in [-0.15, -0.1) is 0 Å². The highest BCUT2D eigenvalue weighted by Gasteiger charge is 2.23. The van der Waals surface area contributed by atoms with E-state index in [1.54, 1.807) is 0 Å². The van der Waals surface area contributed by atoms with E-state index in [1.165, 1.54) is 0 Å². The molecule has 0 N–H and O–H groups in total. The van der Waals surface area contributed by atoms with Gasteiger partial charge in [-0.2, -0.15) is 0 Å². The fourth-order valence-corrected chi connectivity index (χ4v) is 8.19. The maximum atomic E-state index is 9.62. The summed E-state index contributed by atoms with van der Waals surface area (Å²) in [7, 11) is 0. The molecule has 0 fully saturated rings. The molecule has 0 aliphatic heterocycles. The van der Waals surface area contributed by atoms with E-state index >= 15 is 0 Å². The molecule has 246 valence electrons. The van der Waals surface area contributed by atoms with Crippen molar-refractivity contribution in [1.82, 2.24) is 0 Å². The van der Waals surface area contributed by atoms with Gasteiger partial charge < -0.3 is 4.42 Å². The summed E-state index contributed by atoms with van der Waals surface area (Å²) >= 11 is 0. The van der Waals surface area contributed by atoms with Gasteiger partial charge in [-0.05, 0) is 106 Å². The number of hydrogen-bond donors (Lipinski definition) is 0. The van der Waals surface area contributed by atoms with Crippen molar-refractivity contribution in [3.63, 3.8) is 0 Å². The zero-order valence-corrected chi connectivity index (χ0v) is 28.3. The quantitative estimate of drug-likeness (QED) is 0.169. The first-order chi connectivity index (χ1) is 29.6. The van der Waals surface area contributed by atoms with E-state index in [4.69, 9.17) is 9.90 Å². The molecule has 0 bridgehead atoms. The second-order valence-electron chi connectivity index (χ2n) is 13.4. The van der Waals surface area contributed by atoms with Crippen LogP contribution in [0.3, 0.4) is 0 Å². The molecule has 1 aromatic heterocycles. The molecule has 0 aliphatic carbocycles. The van der Waals surface area contributed by atoms with E-state index in [9.17, 15) is 5.48 Å². The van der Waals surface area contributed by atoms with Gasteiger partial charge in [0.1, 0.15) is 11.2 Å². The van der Waals surface area contributed by atoms with E-state index in [2.05, 4.69) is 36.4 Å². The highest BCUT2D eigenvalue weighted by Crippen LogP contribution is 2.49. The molecule has 0 amide bonds. The molecule has 53 heavy (non-hydrogen) atoms. The minimum absolute atomic E-state index is 0.155. The SMILES string of the molecule is [2H]c1c([2H])c([2H])c2c(-c3ccc(-c4cc(-c5ccccc5)c5ccccc5c4)c4oc5ccccc5c34)c3c([2H])c([2H])c([2H])c([2H])c3c(-c3cccc4ccccc34)c2c1[2H]. The van der Waals surface area contributed by atoms with Gasteiger partial charge in [-0.25, -0.2) is 0 Å². The van der Waals surface area contributed by atoms with Gasteiger partial charge >= 0.3 is 0 Å². The molecule has 11 rings (SSSR count). The van der Waals surface area contributed by atoms with Gasteiger partial charge in [-0.1, -0.05) is 170 Å². The van der Waals surface area contributed by atoms with E-state index in [1.807, 2.05) is 109 Å². The van der Waals surface area contributed by atoms with Crippen molar-refractivity contribution in [3.05, 3.63) is 194 Å². The molecule has 0 atom stereocenters. The molecule has 0 saturated heterocycles. The average molecular weight is 681 g/mol. The fourth-order valence-electron chi connectivity index (χ4n) is 8.19. The minimum Gasteiger partial charge on any atom is -0.455 e. The third-order valence-corrected chi connectivity index (χ3v) is 10.5. The Balaban J connectivity index is 1.35. The average Bonchev–Trinajstić information content (AvgIpc) is 3.70. The summed E-state index contributed by atoms with van der Waals surface area (Å²) in [6.45, 7) is 0. The molecular formula is C52H32O. The maximum Gasteiger partial charge on any atom is 0.143 e. The zero-order chi connectivity index (χ0) is 41.8. The van der Waals surface area contributed by atoms with Crippen molar-refractivity contribution < 1.29 is 15.4 Å². The minimum atomic E-state index is -0.447. The first-order valence-electron chi connectivity index (χ1n) is 21.6. The Morgan fingerprint density at radius 2 is 0.906 bits per heavy atom. The number of hydrogen-bond acceptors (Lipinski definition) is 1. The van der Waals surface area contributed by atoms with E-state index in [0.29, 0.717) is 33.2 Å². The number of rotatable bonds is 4. The van der Waals surface area contributed by atoms with Crippen LogP contribution in [0.2, 0.25) is 0 Å². The maximum absolute atomic E-state index is 9.62. The standard InChI is InChI=1S/C52H32O/c1-2-15-34(16-3-1)47-32-36(31-35-18-5-7-21-38(35)47)39-29-30-46(51-45-26-12-13-28-48(45)53-52(39)51)50-43-24-10-8-22-41(43)49(42-23-9-11-25-44(42)50)40-27-14-19-33-17-4-6-20-37(33)40/h1-32H/i8D,9D,10D,11D,22D,23D,24D,25D. The van der Waals surface area contributed by atoms with Gasteiger partial charge in [0.25, 0.3) is 0 Å². The third-order valence-electron chi connectivity index (χ3n) is 10.5. The lowest BCUT2D eigenvalue weighted by Gasteiger charge is -2.19. The zero-order valence-electron chi connectivity index (χ0n) is 36.3. The lowest BCUT2D eigenvalue weighted by molar-refractivity contribution is 0.670. The Morgan fingerprint density at radius 3 is 1.62 bits per heavy atom. The third kappa shape index (κ3) is 4.58. The Labute approximate surface area is 318 Å². The summed E-state index contributed by atoms with van der Waals surface area (Å²) in [5.74, 6) is 0. The molecule has 1 nitrogen and oxygen atoms in total. The summed E-state index contributed by atoms with van der Waals surface area (Å²) in [6, 6.07) is 44.6. The monoisotopic (exact) mass is 680 g/mol. The van der Waals surface area contributed by atoms with Crippen LogP contribution < -0.4 is 0 Å². The van der Waals surface area contributed by atoms with Crippen LogP contribution in [0.5, 0.6) is 0 Å². The van der Waals surface area contributed by atoms with Crippen molar-refractivity contribution in [2.24, 2.45) is 0 Å². The van der Waals surface area contributed by atoms with E-state index in [0.717, 1.165) is 49.2 Å². The van der Waals surface area contributed by atoms with Gasteiger partial charge in [0.15, 0.2) is 0 Å². The largest absolute Gasteiger partial charge is 0.455 e. The molecule has 0 spiro atoms. The van der Waals surface area contributed by atoms with Crippen molar-refractivity contribution >= 4 is 65.0 Å². The van der Waals surface area contributed by atoms with Crippen LogP contribution >= 0.6 is 0 Å². The molecule has 11 aromatic rings. The number of furan rings is 1. The van der Waals surface area contributed by atoms with Gasteiger partial charge in [0.05, 0.1) is 11.0 Å². The summed E-state index contributed by atoms with van der Waals surface area (Å²) in [5.41, 5.74) is 6.64. The molecule has 1 heterocycles. The number of para-hydroxylation sites is 1. The topological polar surface area (TPSA) is 13.1 Å². The summed E-state index contributed by atoms with van der Waals surface area (Å²) < 4.78 is 81.1. The lowest BCUT2D eigenvalue weighted by Crippen LogP contribution is -1.92. The second-order valence-corrected chi connectivity index (χ2v) is 13.4. The Morgan fingerprint density at radius 1 is 0.358 bits per heavy atom. The van der Waals surface area contributed by atoms with Crippen LogP contribution in [0.25, 0.3) is 110 Å². The highest BCUT2D eigenvalue weighted by molar-refractivity contribution is 6.28. The van der Waals surface area contributed by atoms with Crippen LogP contribution in [0, 0.1) is 0 Å². The normalized spacial score (nSPS) is 13.9. The molecule has 10 aromatic carbocycles. The first-order valence-corrected chi connectivity index (χ1v) is 17.6. The first kappa shape index (κ1) is 22.8. The van der Waals surface area contributed by atoms with Crippen LogP contribution in [0.4, 0.5) is 0 Å². The Bertz CT molecular complexity index is 3600. The van der Waals surface area contributed by atoms with Crippen molar-refractivity contribution in [1.29, 1.82) is 0 Å². The van der Waals surface area contributed by atoms with Crippen molar-refractivity contribution in [2.45, 2.75) is 0 Å². The molecule has 0 unspecified atom stereocenters. The van der Waals surface area contributed by atoms with Gasteiger partial charge in [0.2, 0.25) is 0 Å². The van der Waals surface area contributed by atoms with E-state index < -0.39 is 24.2 Å². The van der Waals surface area contributed by atoms with Crippen LogP contribution in [-0.2, 0) is 0 Å². The van der Waals surface area contributed by atoms with Crippen LogP contribution in [0.1, 0.15) is 11.0 Å². The molecule has 0 radical (unpaired) electrons. The molecular weight excluding hydrogens is 641 g/mol. The van der Waals surface area contributed by atoms with Crippen LogP contribution in [-0.4, -0.2) is 0 Å². The van der Waals surface area contributed by atoms with Crippen LogP contribution in [0.15, 0.2) is 198 Å². The summed E-state index contributed by atoms with van der Waals surface area (Å²) in [4.78, 5) is 0. The fraction of sp³-hybridized carbons (Fsp3) is 0. The highest BCUT2D eigenvalue weighted by atomic mass is 16.3. The Kier molecular flexibility index (Phi) is 5.07. The molecule has 0 aliphatic rings. The van der Waals surface area contributed by atoms with Crippen molar-refractivity contribution in [2.75, 3.05) is 0 Å². The van der Waals surface area contributed by atoms with Gasteiger partial charge in [0, 0.05) is 16.3 Å². The predicted molar refractivity (Wildman–Crippen MR) is 225 cm³/mol. The summed E-state index contributed by atoms with van der Waals surface area (Å²) in [6.07, 6.45) is 0. The molecule has 0 saturated carbocycles. The Hall–Kier alpha value is -6.96. The molecule has 1 heteroatoms. The van der Waals surface area contributed by atoms with Crippen molar-refractivity contribution in [3.8, 4) is 44.5 Å². The lowest BCUT2D eigenvalue weighted by atomic mass is 9.83. The smallest absolute Gasteiger partial charge is 0.143 e. The summed E-state index contributed by atoms with van der Waals surface area (Å²) in [5, 5.41) is 5.84. The van der Waals surface area contributed by atoms with E-state index in [-0.39, 0.29) is 51.3 Å². The van der Waals surface area contributed by atoms with Gasteiger partial charge in [-0.3, -0.25) is 0 Å². The predicted octanol–water partition coefficient (Wildman–Crippen LogP) is 14.9.